The topological polar surface area (TPSA) is 187 Å². The Balaban J connectivity index is 1.06. The van der Waals surface area contributed by atoms with Crippen molar-refractivity contribution >= 4 is 48.8 Å². The number of phosphoric ester groups is 1. The van der Waals surface area contributed by atoms with Crippen LogP contribution >= 0.6 is 19.4 Å². The van der Waals surface area contributed by atoms with Crippen molar-refractivity contribution in [1.29, 1.82) is 0 Å². The minimum absolute atomic E-state index is 0.0323. The number of Topliss-reactive ketones (excluding diaryl/α,β-unsaturated/α-hetero) is 2. The average molecular weight is 1010 g/mol. The third kappa shape index (κ3) is 9.34. The normalized spacial score (nSPS) is 33.6. The zero-order valence-electron chi connectivity index (χ0n) is 44.7. The van der Waals surface area contributed by atoms with Gasteiger partial charge in [-0.2, -0.15) is 0 Å². The smallest absolute Gasteiger partial charge is 0.462 e. The van der Waals surface area contributed by atoms with Crippen molar-refractivity contribution in [1.82, 2.24) is 5.32 Å². The van der Waals surface area contributed by atoms with Gasteiger partial charge in [-0.1, -0.05) is 72.2 Å². The molecule has 6 aliphatic rings. The van der Waals surface area contributed by atoms with Crippen LogP contribution in [0.2, 0.25) is 5.02 Å². The fourth-order valence-electron chi connectivity index (χ4n) is 14.8. The van der Waals surface area contributed by atoms with Crippen LogP contribution in [0.25, 0.3) is 0 Å². The Kier molecular flexibility index (Phi) is 14.0. The van der Waals surface area contributed by atoms with Gasteiger partial charge in [0, 0.05) is 22.4 Å². The lowest BCUT2D eigenvalue weighted by Crippen LogP contribution is -2.74. The lowest BCUT2D eigenvalue weighted by molar-refractivity contribution is -0.236. The number of nitrogens with two attached hydrogens (primary N) is 1. The van der Waals surface area contributed by atoms with Gasteiger partial charge in [0.2, 0.25) is 12.6 Å². The number of rotatable bonds is 14. The molecule has 0 aromatic heterocycles. The van der Waals surface area contributed by atoms with Crippen LogP contribution in [-0.2, 0) is 57.1 Å². The molecule has 8 unspecified atom stereocenters. The number of hydrogen-bond donors (Lipinski definition) is 2. The highest BCUT2D eigenvalue weighted by Crippen LogP contribution is 2.77. The molecule has 0 bridgehead atoms. The summed E-state index contributed by atoms with van der Waals surface area (Å²) in [7, 11) is -4.14. The van der Waals surface area contributed by atoms with E-state index in [1.165, 1.54) is 0 Å². The maximum absolute atomic E-state index is 15.0. The first-order chi connectivity index (χ1) is 31.9. The molecule has 13 nitrogen and oxygen atoms in total. The van der Waals surface area contributed by atoms with Crippen LogP contribution in [0.15, 0.2) is 35.4 Å². The van der Waals surface area contributed by atoms with Gasteiger partial charge in [0.1, 0.15) is 6.10 Å². The number of carbonyl (C=O) groups excluding carboxylic acids is 5. The fourth-order valence-corrected chi connectivity index (χ4v) is 16.6. The van der Waals surface area contributed by atoms with Crippen LogP contribution in [0.3, 0.4) is 0 Å². The summed E-state index contributed by atoms with van der Waals surface area (Å²) in [6.07, 6.45) is 6.27. The molecule has 5 fully saturated rings. The summed E-state index contributed by atoms with van der Waals surface area (Å²) in [5, 5.41) is 3.73. The molecule has 8 atom stereocenters. The lowest BCUT2D eigenvalue weighted by atomic mass is 9.31. The molecular weight excluding hydrogens is 931 g/mol. The monoisotopic (exact) mass is 1010 g/mol. The van der Waals surface area contributed by atoms with E-state index >= 15 is 4.79 Å². The number of ether oxygens (including phenoxy) is 2. The zero-order chi connectivity index (χ0) is 52.3. The summed E-state index contributed by atoms with van der Waals surface area (Å²) in [6, 6.07) is 7.38. The number of halogens is 1. The predicted octanol–water partition coefficient (Wildman–Crippen LogP) is 11.7. The number of esters is 2. The molecule has 3 N–H and O–H groups in total. The highest BCUT2D eigenvalue weighted by molar-refractivity contribution is 7.48. The van der Waals surface area contributed by atoms with Gasteiger partial charge >= 0.3 is 19.8 Å². The van der Waals surface area contributed by atoms with Crippen molar-refractivity contribution in [3.05, 3.63) is 46.0 Å². The summed E-state index contributed by atoms with van der Waals surface area (Å²) < 4.78 is 41.9. The molecule has 15 heteroatoms. The molecule has 0 radical (unpaired) electrons. The zero-order valence-corrected chi connectivity index (χ0v) is 46.4. The molecule has 5 saturated carbocycles. The van der Waals surface area contributed by atoms with Gasteiger partial charge < -0.3 is 20.5 Å². The van der Waals surface area contributed by atoms with Crippen molar-refractivity contribution in [2.75, 3.05) is 6.79 Å². The number of benzene rings is 1. The molecular formula is C55H82ClN2O11P. The number of phosphoric acid groups is 1. The molecule has 0 saturated heterocycles. The number of fused-ring (bicyclic) bond motifs is 7. The SMILES string of the molecule is CC(C)C1=C2C(C(=O)C(=O)NC3(c4ccc(Cl)cc4)CC3)(CCC3(C)C2(N)CCC2C4(C)CCC(OC(=O)CC(C)(C)C(=O)OCOP(=O)(OC(C)(C)C)OC(C)(C)C)C(C)(C)C4CCC23C)CC1=O. The summed E-state index contributed by atoms with van der Waals surface area (Å²) in [4.78, 5) is 70.9. The molecule has 7 rings (SSSR count). The molecule has 70 heavy (non-hydrogen) atoms. The number of allylic oxidation sites excluding steroid dienone is 1. The Hall–Kier alpha value is -2.93. The summed E-state index contributed by atoms with van der Waals surface area (Å²) in [5.41, 5.74) is 2.93. The minimum Gasteiger partial charge on any atom is -0.462 e. The Labute approximate surface area is 422 Å². The lowest BCUT2D eigenvalue weighted by Gasteiger charge is -2.74. The second kappa shape index (κ2) is 17.9. The number of nitrogens with one attached hydrogen (secondary N) is 1. The summed E-state index contributed by atoms with van der Waals surface area (Å²) in [5.74, 6) is -2.26. The maximum Gasteiger partial charge on any atom is 0.478 e. The van der Waals surface area contributed by atoms with Crippen molar-refractivity contribution in [2.24, 2.45) is 56.0 Å². The first-order valence-electron chi connectivity index (χ1n) is 25.7. The number of hydrogen-bond acceptors (Lipinski definition) is 12. The van der Waals surface area contributed by atoms with Crippen LogP contribution < -0.4 is 11.1 Å². The van der Waals surface area contributed by atoms with Crippen molar-refractivity contribution < 1.29 is 51.6 Å². The molecule has 1 aromatic rings. The molecule has 6 aliphatic carbocycles. The van der Waals surface area contributed by atoms with Gasteiger partial charge in [-0.3, -0.25) is 33.0 Å². The van der Waals surface area contributed by atoms with Crippen LogP contribution in [0.1, 0.15) is 186 Å². The summed E-state index contributed by atoms with van der Waals surface area (Å²) >= 11 is 6.20. The number of carbonyl (C=O) groups is 5. The molecule has 0 aliphatic heterocycles. The van der Waals surface area contributed by atoms with Gasteiger partial charge in [0.25, 0.3) is 5.91 Å². The van der Waals surface area contributed by atoms with Crippen molar-refractivity contribution in [3.8, 4) is 0 Å². The van der Waals surface area contributed by atoms with Gasteiger partial charge in [0.05, 0.1) is 34.0 Å². The Morgan fingerprint density at radius 1 is 0.814 bits per heavy atom. The van der Waals surface area contributed by atoms with Gasteiger partial charge in [-0.25, -0.2) is 9.09 Å². The first-order valence-corrected chi connectivity index (χ1v) is 27.5. The van der Waals surface area contributed by atoms with E-state index < -0.39 is 88.3 Å². The Bertz CT molecular complexity index is 2360. The van der Waals surface area contributed by atoms with Gasteiger partial charge in [-0.15, -0.1) is 0 Å². The molecule has 1 amide bonds. The van der Waals surface area contributed by atoms with E-state index in [1.54, 1.807) is 67.5 Å². The third-order valence-electron chi connectivity index (χ3n) is 18.4. The summed E-state index contributed by atoms with van der Waals surface area (Å²) in [6.45, 7) is 28.3. The van der Waals surface area contributed by atoms with E-state index in [4.69, 9.17) is 40.4 Å². The highest BCUT2D eigenvalue weighted by atomic mass is 35.5. The van der Waals surface area contributed by atoms with Crippen molar-refractivity contribution in [2.45, 2.75) is 209 Å². The number of ketones is 2. The standard InChI is InChI=1S/C55H82ClN2O11P/c1-33(2)41-36(59)30-53(43(61)44(62)58-54(28-29-54)34-16-18-35(56)19-17-34)27-26-52(15)51(14)24-20-37-49(11,12)39(22-23-50(37,13)38(51)21-25-55(52,57)42(41)53)67-40(60)31-48(9,10)45(63)65-32-66-70(64,68-46(3,4)5)69-47(6,7)8/h16-19,33,37-39H,20-32,57H2,1-15H3,(H,58,62). The van der Waals surface area contributed by atoms with E-state index in [1.807, 2.05) is 26.0 Å². The van der Waals surface area contributed by atoms with E-state index in [0.717, 1.165) is 36.8 Å². The van der Waals surface area contributed by atoms with E-state index in [-0.39, 0.29) is 47.2 Å². The average Bonchev–Trinajstić information content (AvgIpc) is 3.91. The second-order valence-electron chi connectivity index (χ2n) is 26.3. The molecule has 1 aromatic carbocycles. The first kappa shape index (κ1) is 54.8. The molecule has 0 heterocycles. The fraction of sp³-hybridized carbons (Fsp3) is 0.764. The Morgan fingerprint density at radius 3 is 1.96 bits per heavy atom. The van der Waals surface area contributed by atoms with E-state index in [2.05, 4.69) is 39.9 Å². The molecule has 390 valence electrons. The predicted molar refractivity (Wildman–Crippen MR) is 268 cm³/mol. The Morgan fingerprint density at radius 2 is 1.40 bits per heavy atom. The number of amides is 1. The second-order valence-corrected chi connectivity index (χ2v) is 28.3. The van der Waals surface area contributed by atoms with Crippen LogP contribution in [0.5, 0.6) is 0 Å². The van der Waals surface area contributed by atoms with Crippen LogP contribution in [0.4, 0.5) is 0 Å². The highest BCUT2D eigenvalue weighted by Gasteiger charge is 2.75. The quantitative estimate of drug-likeness (QED) is 0.0778. The van der Waals surface area contributed by atoms with Gasteiger partial charge in [0.15, 0.2) is 5.78 Å². The van der Waals surface area contributed by atoms with Gasteiger partial charge in [-0.05, 0) is 182 Å². The van der Waals surface area contributed by atoms with E-state index in [0.29, 0.717) is 49.1 Å². The largest absolute Gasteiger partial charge is 0.478 e. The van der Waals surface area contributed by atoms with E-state index in [9.17, 15) is 23.7 Å². The minimum atomic E-state index is -4.14. The maximum atomic E-state index is 15.0. The third-order valence-corrected chi connectivity index (χ3v) is 20.6. The van der Waals surface area contributed by atoms with Crippen LogP contribution in [0, 0.1) is 50.2 Å². The van der Waals surface area contributed by atoms with Crippen LogP contribution in [-0.4, -0.2) is 59.1 Å². The van der Waals surface area contributed by atoms with Crippen molar-refractivity contribution in [3.63, 3.8) is 0 Å². The molecule has 0 spiro atoms.